The summed E-state index contributed by atoms with van der Waals surface area (Å²) in [5.41, 5.74) is -0.0464. The molecule has 2 aromatic carbocycles. The zero-order valence-electron chi connectivity index (χ0n) is 34.4. The molecule has 0 spiro atoms. The Morgan fingerprint density at radius 1 is 1.10 bits per heavy atom. The number of hydrogen-bond acceptors (Lipinski definition) is 10. The maximum atomic E-state index is 14.8. The molecule has 2 aliphatic carbocycles. The van der Waals surface area contributed by atoms with Crippen molar-refractivity contribution in [2.75, 3.05) is 20.3 Å². The number of allylic oxidation sites excluding steroid dienone is 1. The van der Waals surface area contributed by atoms with Gasteiger partial charge in [-0.2, -0.15) is 0 Å². The van der Waals surface area contributed by atoms with Crippen LogP contribution in [0, 0.1) is 16.7 Å². The Kier molecular flexibility index (Phi) is 11.0. The van der Waals surface area contributed by atoms with Gasteiger partial charge in [0.25, 0.3) is 5.91 Å². The number of nitrogens with one attached hydrogen (secondary N) is 3. The van der Waals surface area contributed by atoms with Gasteiger partial charge in [0, 0.05) is 46.4 Å². The van der Waals surface area contributed by atoms with E-state index < -0.39 is 79.6 Å². The average molecular weight is 828 g/mol. The highest BCUT2D eigenvalue weighted by molar-refractivity contribution is 7.91. The van der Waals surface area contributed by atoms with E-state index in [1.54, 1.807) is 27.9 Å². The highest BCUT2D eigenvalue weighted by atomic mass is 32.2. The number of fused-ring (bicyclic) bond motifs is 3. The number of hydrogen-bond donors (Lipinski definition) is 3. The van der Waals surface area contributed by atoms with E-state index in [0.29, 0.717) is 47.4 Å². The van der Waals surface area contributed by atoms with Crippen molar-refractivity contribution in [2.24, 2.45) is 16.7 Å². The monoisotopic (exact) mass is 827 g/mol. The van der Waals surface area contributed by atoms with Gasteiger partial charge in [0.05, 0.1) is 36.7 Å². The maximum absolute atomic E-state index is 14.8. The Balaban J connectivity index is 1.31. The van der Waals surface area contributed by atoms with Crippen LogP contribution in [0.15, 0.2) is 67.3 Å². The number of aromatic nitrogens is 1. The number of sulfonamides is 1. The fourth-order valence-corrected chi connectivity index (χ4v) is 9.14. The van der Waals surface area contributed by atoms with Gasteiger partial charge in [0.1, 0.15) is 35.2 Å². The SMILES string of the molecule is C=C[C@@H]1C[C@]1(NC(=O)[C@@H]1C[C@@H]2CN1C(=O)[C@H](C(C)(C)C)NC(=O)OCC(C)(C)C/C=C/c1cc3c(cc(-c4ccccc4)nc3cc1OC)O2)C(=O)NS(=O)(=O)C1CC1. The fourth-order valence-electron chi connectivity index (χ4n) is 7.77. The molecule has 14 nitrogen and oxygen atoms in total. The summed E-state index contributed by atoms with van der Waals surface area (Å²) in [6.45, 7) is 13.1. The van der Waals surface area contributed by atoms with Crippen LogP contribution in [0.1, 0.15) is 72.3 Å². The molecular weight excluding hydrogens is 775 g/mol. The lowest BCUT2D eigenvalue weighted by Crippen LogP contribution is -2.60. The van der Waals surface area contributed by atoms with Crippen LogP contribution in [-0.2, 0) is 29.1 Å². The average Bonchev–Trinajstić information content (AvgIpc) is 4.12. The topological polar surface area (TPSA) is 182 Å². The van der Waals surface area contributed by atoms with Gasteiger partial charge in [-0.05, 0) is 37.2 Å². The number of carbonyl (C=O) groups is 4. The molecule has 5 atom stereocenters. The predicted molar refractivity (Wildman–Crippen MR) is 223 cm³/mol. The Morgan fingerprint density at radius 2 is 1.83 bits per heavy atom. The number of methoxy groups -OCH3 is 1. The van der Waals surface area contributed by atoms with Crippen LogP contribution < -0.4 is 24.8 Å². The molecule has 3 heterocycles. The minimum Gasteiger partial charge on any atom is -0.496 e. The maximum Gasteiger partial charge on any atom is 0.407 e. The number of benzene rings is 2. The third kappa shape index (κ3) is 8.80. The van der Waals surface area contributed by atoms with Crippen LogP contribution in [0.2, 0.25) is 0 Å². The molecule has 59 heavy (non-hydrogen) atoms. The molecule has 0 unspecified atom stereocenters. The second kappa shape index (κ2) is 15.6. The molecule has 2 aliphatic heterocycles. The fraction of sp³-hybridized carbons (Fsp3) is 0.477. The van der Waals surface area contributed by atoms with E-state index in [1.807, 2.05) is 74.5 Å². The van der Waals surface area contributed by atoms with E-state index >= 15 is 0 Å². The Labute approximate surface area is 345 Å². The molecule has 4 aliphatic rings. The van der Waals surface area contributed by atoms with Gasteiger partial charge in [-0.15, -0.1) is 6.58 Å². The summed E-state index contributed by atoms with van der Waals surface area (Å²) in [7, 11) is -2.34. The normalized spacial score (nSPS) is 26.4. The molecule has 3 fully saturated rings. The van der Waals surface area contributed by atoms with E-state index in [0.717, 1.165) is 11.1 Å². The molecule has 1 aromatic heterocycles. The Morgan fingerprint density at radius 3 is 2.47 bits per heavy atom. The first kappa shape index (κ1) is 41.7. The third-order valence-electron chi connectivity index (χ3n) is 11.5. The summed E-state index contributed by atoms with van der Waals surface area (Å²) < 4.78 is 46.1. The molecule has 314 valence electrons. The lowest BCUT2D eigenvalue weighted by molar-refractivity contribution is -0.142. The second-order valence-electron chi connectivity index (χ2n) is 17.9. The third-order valence-corrected chi connectivity index (χ3v) is 13.3. The van der Waals surface area contributed by atoms with Gasteiger partial charge in [0.15, 0.2) is 0 Å². The van der Waals surface area contributed by atoms with Crippen molar-refractivity contribution >= 4 is 50.8 Å². The summed E-state index contributed by atoms with van der Waals surface area (Å²) in [5, 5.41) is 5.64. The largest absolute Gasteiger partial charge is 0.496 e. The summed E-state index contributed by atoms with van der Waals surface area (Å²) in [6, 6.07) is 12.9. The van der Waals surface area contributed by atoms with Crippen molar-refractivity contribution < 1.29 is 41.8 Å². The summed E-state index contributed by atoms with van der Waals surface area (Å²) >= 11 is 0. The first-order chi connectivity index (χ1) is 27.8. The van der Waals surface area contributed by atoms with Crippen LogP contribution in [0.5, 0.6) is 11.5 Å². The molecule has 3 aromatic rings. The van der Waals surface area contributed by atoms with Gasteiger partial charge < -0.3 is 29.7 Å². The first-order valence-corrected chi connectivity index (χ1v) is 21.5. The quantitative estimate of drug-likeness (QED) is 0.245. The van der Waals surface area contributed by atoms with E-state index in [9.17, 15) is 27.6 Å². The molecular formula is C44H53N5O9S. The molecule has 7 rings (SSSR count). The number of carbonyl (C=O) groups excluding carboxylic acids is 4. The zero-order valence-corrected chi connectivity index (χ0v) is 35.2. The zero-order chi connectivity index (χ0) is 42.5. The van der Waals surface area contributed by atoms with Gasteiger partial charge in [-0.3, -0.25) is 19.1 Å². The number of pyridine rings is 1. The minimum atomic E-state index is -3.92. The lowest BCUT2D eigenvalue weighted by atomic mass is 9.85. The van der Waals surface area contributed by atoms with Crippen LogP contribution in [-0.4, -0.2) is 91.4 Å². The Hall–Kier alpha value is -5.44. The Bertz CT molecular complexity index is 2320. The predicted octanol–water partition coefficient (Wildman–Crippen LogP) is 5.51. The summed E-state index contributed by atoms with van der Waals surface area (Å²) in [4.78, 5) is 62.7. The standard InChI is InChI=1S/C44H53N5O9S/c1-8-28-23-44(28,40(52)48-59(54,55)30-16-17-30)47-38(50)34-20-29-24-49(34)39(51)37(42(2,3)4)46-41(53)57-25-43(5,6)18-12-15-27-19-31-33(22-35(27)56-7)45-32(21-36(31)58-29)26-13-10-9-11-14-26/h8-15,19,21-22,28-30,34,37H,1,16-18,20,23-25H2,2-7H3,(H,46,53)(H,47,50)(H,48,52)/b15-12+/t28-,29-,34+,37-,44-/m1/s1. The van der Waals surface area contributed by atoms with E-state index in [-0.39, 0.29) is 26.0 Å². The van der Waals surface area contributed by atoms with Crippen LogP contribution in [0.4, 0.5) is 4.79 Å². The van der Waals surface area contributed by atoms with Gasteiger partial charge >= 0.3 is 6.09 Å². The molecule has 15 heteroatoms. The molecule has 3 N–H and O–H groups in total. The highest BCUT2D eigenvalue weighted by Crippen LogP contribution is 2.46. The van der Waals surface area contributed by atoms with Crippen LogP contribution in [0.3, 0.4) is 0 Å². The number of ether oxygens (including phenoxy) is 3. The minimum absolute atomic E-state index is 0.0112. The van der Waals surface area contributed by atoms with Crippen molar-refractivity contribution in [1.29, 1.82) is 0 Å². The first-order valence-electron chi connectivity index (χ1n) is 20.0. The van der Waals surface area contributed by atoms with E-state index in [2.05, 4.69) is 21.9 Å². The van der Waals surface area contributed by atoms with Crippen molar-refractivity contribution in [1.82, 2.24) is 25.2 Å². The van der Waals surface area contributed by atoms with E-state index in [4.69, 9.17) is 19.2 Å². The van der Waals surface area contributed by atoms with E-state index in [1.165, 1.54) is 11.0 Å². The van der Waals surface area contributed by atoms with Gasteiger partial charge in [-0.1, -0.05) is 83.2 Å². The van der Waals surface area contributed by atoms with Crippen molar-refractivity contribution in [3.05, 3.63) is 72.8 Å². The number of cyclic esters (lactones) is 1. The number of alkyl carbamates (subject to hydrolysis) is 1. The van der Waals surface area contributed by atoms with Gasteiger partial charge in [-0.25, -0.2) is 18.2 Å². The second-order valence-corrected chi connectivity index (χ2v) is 19.9. The molecule has 1 saturated heterocycles. The molecule has 2 saturated carbocycles. The smallest absolute Gasteiger partial charge is 0.407 e. The molecule has 4 bridgehead atoms. The van der Waals surface area contributed by atoms with Crippen LogP contribution >= 0.6 is 0 Å². The molecule has 0 radical (unpaired) electrons. The van der Waals surface area contributed by atoms with Crippen molar-refractivity contribution in [3.8, 4) is 22.8 Å². The van der Waals surface area contributed by atoms with Crippen LogP contribution in [0.25, 0.3) is 28.2 Å². The highest BCUT2D eigenvalue weighted by Gasteiger charge is 2.62. The van der Waals surface area contributed by atoms with Gasteiger partial charge in [0.2, 0.25) is 21.8 Å². The summed E-state index contributed by atoms with van der Waals surface area (Å²) in [6.07, 6.45) is 5.51. The van der Waals surface area contributed by atoms with Crippen molar-refractivity contribution in [2.45, 2.75) is 95.7 Å². The number of nitrogens with zero attached hydrogens (tertiary/aromatic N) is 2. The van der Waals surface area contributed by atoms with Crippen molar-refractivity contribution in [3.63, 3.8) is 0 Å². The summed E-state index contributed by atoms with van der Waals surface area (Å²) in [5.74, 6) is -1.55. The lowest BCUT2D eigenvalue weighted by Gasteiger charge is -2.35. The number of amides is 4. The number of rotatable bonds is 8. The molecule has 4 amide bonds.